The molecule has 3 aliphatic rings. The number of nitrogens with zero attached hydrogens (tertiary/aromatic N) is 1. The zero-order chi connectivity index (χ0) is 36.2. The molecule has 1 atom stereocenters. The molecule has 8 aromatic carbocycles. The van der Waals surface area contributed by atoms with E-state index in [2.05, 4.69) is 208 Å². The SMILES string of the molecule is CC1(C)c2ccccc2-c2c(-c3ccccc3)c3c4c(c21)N(c1ccccc1-c1ccccc1)c1cccc(-c2ccccc2)c1C4(C)c1ccccc1-3. The number of rotatable bonds is 4. The van der Waals surface area contributed by atoms with Gasteiger partial charge in [-0.2, -0.15) is 0 Å². The Labute approximate surface area is 317 Å². The van der Waals surface area contributed by atoms with Crippen molar-refractivity contribution >= 4 is 17.1 Å². The molecule has 2 aliphatic carbocycles. The fourth-order valence-corrected chi connectivity index (χ4v) is 10.4. The molecular weight excluding hydrogens is 651 g/mol. The molecule has 0 N–H and O–H groups in total. The van der Waals surface area contributed by atoms with E-state index >= 15 is 0 Å². The van der Waals surface area contributed by atoms with E-state index in [1.165, 1.54) is 101 Å². The molecule has 1 unspecified atom stereocenters. The van der Waals surface area contributed by atoms with Gasteiger partial charge in [-0.1, -0.05) is 184 Å². The molecule has 0 amide bonds. The van der Waals surface area contributed by atoms with E-state index in [0.717, 1.165) is 0 Å². The zero-order valence-electron chi connectivity index (χ0n) is 30.8. The number of para-hydroxylation sites is 1. The third-order valence-electron chi connectivity index (χ3n) is 12.6. The van der Waals surface area contributed by atoms with Crippen LogP contribution in [0.5, 0.6) is 0 Å². The summed E-state index contributed by atoms with van der Waals surface area (Å²) in [5, 5.41) is 0. The molecule has 1 heterocycles. The second kappa shape index (κ2) is 11.3. The first kappa shape index (κ1) is 31.1. The van der Waals surface area contributed by atoms with Crippen molar-refractivity contribution < 1.29 is 0 Å². The average molecular weight is 690 g/mol. The topological polar surface area (TPSA) is 3.24 Å². The normalized spacial score (nSPS) is 16.6. The quantitative estimate of drug-likeness (QED) is 0.178. The third kappa shape index (κ3) is 3.99. The maximum Gasteiger partial charge on any atom is 0.0560 e. The van der Waals surface area contributed by atoms with Gasteiger partial charge in [-0.25, -0.2) is 0 Å². The summed E-state index contributed by atoms with van der Waals surface area (Å²) >= 11 is 0. The first-order chi connectivity index (χ1) is 26.5. The Kier molecular flexibility index (Phi) is 6.50. The highest BCUT2D eigenvalue weighted by molar-refractivity contribution is 6.13. The van der Waals surface area contributed by atoms with E-state index in [0.29, 0.717) is 0 Å². The summed E-state index contributed by atoms with van der Waals surface area (Å²) in [4.78, 5) is 2.66. The summed E-state index contributed by atoms with van der Waals surface area (Å²) in [6.07, 6.45) is 0. The van der Waals surface area contributed by atoms with Crippen molar-refractivity contribution in [3.8, 4) is 55.6 Å². The van der Waals surface area contributed by atoms with Crippen LogP contribution in [0.15, 0.2) is 182 Å². The zero-order valence-corrected chi connectivity index (χ0v) is 30.8. The molecular formula is C53H39N. The molecule has 0 saturated carbocycles. The van der Waals surface area contributed by atoms with Crippen molar-refractivity contribution in [1.29, 1.82) is 0 Å². The molecule has 0 bridgehead atoms. The van der Waals surface area contributed by atoms with Crippen molar-refractivity contribution in [2.75, 3.05) is 4.90 Å². The van der Waals surface area contributed by atoms with Gasteiger partial charge >= 0.3 is 0 Å². The molecule has 0 radical (unpaired) electrons. The molecule has 54 heavy (non-hydrogen) atoms. The summed E-state index contributed by atoms with van der Waals surface area (Å²) in [5.74, 6) is 0. The average Bonchev–Trinajstić information content (AvgIpc) is 3.64. The smallest absolute Gasteiger partial charge is 0.0560 e. The van der Waals surface area contributed by atoms with Crippen molar-refractivity contribution in [1.82, 2.24) is 0 Å². The Morgan fingerprint density at radius 3 is 1.46 bits per heavy atom. The predicted molar refractivity (Wildman–Crippen MR) is 226 cm³/mol. The molecule has 0 spiro atoms. The monoisotopic (exact) mass is 689 g/mol. The minimum atomic E-state index is -0.440. The molecule has 1 aliphatic heterocycles. The molecule has 0 aromatic heterocycles. The van der Waals surface area contributed by atoms with E-state index in [-0.39, 0.29) is 5.41 Å². The standard InChI is InChI=1S/C53H39N/c1-52(2)41-30-16-13-27-39(41)46-45(36-24-11-6-12-25-36)47-40-28-14-17-31-42(40)53(3)48-38(35-22-9-5-10-23-35)29-19-33-44(48)54(51(49(46)52)50(47)53)43-32-18-15-26-37(43)34-20-7-4-8-21-34/h4-33H,1-3H3. The number of anilines is 3. The van der Waals surface area contributed by atoms with Crippen LogP contribution in [0, 0.1) is 0 Å². The van der Waals surface area contributed by atoms with Crippen LogP contribution >= 0.6 is 0 Å². The number of fused-ring (bicyclic) bond motifs is 9. The molecule has 0 fully saturated rings. The molecule has 1 heteroatoms. The fourth-order valence-electron chi connectivity index (χ4n) is 10.4. The van der Waals surface area contributed by atoms with E-state index in [1.807, 2.05) is 0 Å². The van der Waals surface area contributed by atoms with E-state index in [4.69, 9.17) is 0 Å². The minimum Gasteiger partial charge on any atom is -0.309 e. The number of hydrogen-bond acceptors (Lipinski definition) is 1. The van der Waals surface area contributed by atoms with Gasteiger partial charge in [-0.3, -0.25) is 0 Å². The largest absolute Gasteiger partial charge is 0.309 e. The number of benzene rings is 8. The van der Waals surface area contributed by atoms with E-state index in [1.54, 1.807) is 0 Å². The lowest BCUT2D eigenvalue weighted by molar-refractivity contribution is 0.649. The molecule has 1 nitrogen and oxygen atoms in total. The summed E-state index contributed by atoms with van der Waals surface area (Å²) in [6.45, 7) is 7.42. The van der Waals surface area contributed by atoms with Crippen molar-refractivity contribution in [3.05, 3.63) is 210 Å². The Bertz CT molecular complexity index is 2790. The first-order valence-electron chi connectivity index (χ1n) is 19.1. The number of hydrogen-bond donors (Lipinski definition) is 0. The van der Waals surface area contributed by atoms with Gasteiger partial charge in [0, 0.05) is 16.4 Å². The third-order valence-corrected chi connectivity index (χ3v) is 12.6. The molecule has 8 aromatic rings. The maximum absolute atomic E-state index is 2.66. The summed E-state index contributed by atoms with van der Waals surface area (Å²) in [6, 6.07) is 67.6. The van der Waals surface area contributed by atoms with Crippen molar-refractivity contribution in [2.24, 2.45) is 0 Å². The Balaban J connectivity index is 1.40. The summed E-state index contributed by atoms with van der Waals surface area (Å²) < 4.78 is 0. The second-order valence-corrected chi connectivity index (χ2v) is 15.7. The van der Waals surface area contributed by atoms with Crippen molar-refractivity contribution in [3.63, 3.8) is 0 Å². The summed E-state index contributed by atoms with van der Waals surface area (Å²) in [7, 11) is 0. The van der Waals surface area contributed by atoms with Gasteiger partial charge in [0.05, 0.1) is 17.1 Å². The minimum absolute atomic E-state index is 0.274. The second-order valence-electron chi connectivity index (χ2n) is 15.7. The van der Waals surface area contributed by atoms with Crippen LogP contribution in [0.4, 0.5) is 17.1 Å². The highest BCUT2D eigenvalue weighted by Gasteiger charge is 2.55. The van der Waals surface area contributed by atoms with Gasteiger partial charge in [-0.05, 0) is 96.9 Å². The highest BCUT2D eigenvalue weighted by atomic mass is 15.2. The first-order valence-corrected chi connectivity index (χ1v) is 19.1. The predicted octanol–water partition coefficient (Wildman–Crippen LogP) is 14.1. The van der Waals surface area contributed by atoms with Crippen LogP contribution in [-0.2, 0) is 10.8 Å². The summed E-state index contributed by atoms with van der Waals surface area (Å²) in [5.41, 5.74) is 22.9. The van der Waals surface area contributed by atoms with E-state index in [9.17, 15) is 0 Å². The van der Waals surface area contributed by atoms with Gasteiger partial charge in [-0.15, -0.1) is 0 Å². The van der Waals surface area contributed by atoms with Crippen molar-refractivity contribution in [2.45, 2.75) is 31.6 Å². The van der Waals surface area contributed by atoms with Gasteiger partial charge in [0.25, 0.3) is 0 Å². The van der Waals surface area contributed by atoms with Gasteiger partial charge in [0.2, 0.25) is 0 Å². The van der Waals surface area contributed by atoms with Gasteiger partial charge in [0.15, 0.2) is 0 Å². The van der Waals surface area contributed by atoms with Gasteiger partial charge < -0.3 is 4.90 Å². The van der Waals surface area contributed by atoms with Crippen LogP contribution in [0.3, 0.4) is 0 Å². The molecule has 0 saturated heterocycles. The molecule has 11 rings (SSSR count). The van der Waals surface area contributed by atoms with Crippen LogP contribution in [-0.4, -0.2) is 0 Å². The Hall–Kier alpha value is -6.44. The van der Waals surface area contributed by atoms with Gasteiger partial charge in [0.1, 0.15) is 0 Å². The highest BCUT2D eigenvalue weighted by Crippen LogP contribution is 2.71. The Morgan fingerprint density at radius 2 is 0.796 bits per heavy atom. The molecule has 256 valence electrons. The fraction of sp³-hybridized carbons (Fsp3) is 0.0943. The Morgan fingerprint density at radius 1 is 0.333 bits per heavy atom. The lowest BCUT2D eigenvalue weighted by atomic mass is 9.65. The van der Waals surface area contributed by atoms with Crippen LogP contribution in [0.25, 0.3) is 55.6 Å². The van der Waals surface area contributed by atoms with E-state index < -0.39 is 5.41 Å². The maximum atomic E-state index is 2.66. The van der Waals surface area contributed by atoms with Crippen LogP contribution in [0.1, 0.15) is 48.6 Å². The van der Waals surface area contributed by atoms with Crippen LogP contribution in [0.2, 0.25) is 0 Å². The lowest BCUT2D eigenvalue weighted by Crippen LogP contribution is -2.35. The van der Waals surface area contributed by atoms with Crippen LogP contribution < -0.4 is 4.90 Å². The lowest BCUT2D eigenvalue weighted by Gasteiger charge is -2.46.